The number of nitrogens with two attached hydrogens (primary N) is 1. The normalized spacial score (nSPS) is 10.9. The van der Waals surface area contributed by atoms with E-state index in [1.54, 1.807) is 0 Å². The number of halogens is 1. The summed E-state index contributed by atoms with van der Waals surface area (Å²) >= 11 is 5.35. The van der Waals surface area contributed by atoms with Crippen molar-refractivity contribution in [1.82, 2.24) is 10.6 Å². The minimum atomic E-state index is -3.73. The lowest BCUT2D eigenvalue weighted by Crippen LogP contribution is -2.39. The quantitative estimate of drug-likeness (QED) is 0.676. The van der Waals surface area contributed by atoms with Gasteiger partial charge in [-0.05, 0) is 17.7 Å². The van der Waals surface area contributed by atoms with E-state index in [1.165, 1.54) is 24.3 Å². The van der Waals surface area contributed by atoms with Crippen LogP contribution in [0.2, 0.25) is 0 Å². The lowest BCUT2D eigenvalue weighted by Gasteiger charge is -2.06. The molecule has 110 valence electrons. The first-order valence-electron chi connectivity index (χ1n) is 5.58. The van der Waals surface area contributed by atoms with E-state index < -0.39 is 22.0 Å². The van der Waals surface area contributed by atoms with Crippen LogP contribution >= 0.6 is 11.6 Å². The summed E-state index contributed by atoms with van der Waals surface area (Å²) in [5.41, 5.74) is 0.664. The molecule has 0 unspecified atom stereocenters. The number of alkyl halides is 1. The molecule has 1 aromatic rings. The molecule has 0 saturated carbocycles. The SMILES string of the molecule is NS(=O)(=O)c1ccc(CNC(=O)NC(=O)CCCl)cc1. The molecule has 0 aromatic heterocycles. The lowest BCUT2D eigenvalue weighted by atomic mass is 10.2. The van der Waals surface area contributed by atoms with E-state index in [1.807, 2.05) is 0 Å². The molecule has 0 saturated heterocycles. The van der Waals surface area contributed by atoms with Crippen molar-refractivity contribution in [3.05, 3.63) is 29.8 Å². The smallest absolute Gasteiger partial charge is 0.321 e. The number of primary sulfonamides is 1. The third kappa shape index (κ3) is 5.55. The van der Waals surface area contributed by atoms with Crippen LogP contribution in [-0.2, 0) is 21.4 Å². The molecule has 3 amide bonds. The van der Waals surface area contributed by atoms with Gasteiger partial charge in [-0.2, -0.15) is 0 Å². The van der Waals surface area contributed by atoms with Crippen molar-refractivity contribution in [1.29, 1.82) is 0 Å². The maximum atomic E-state index is 11.3. The molecule has 7 nitrogen and oxygen atoms in total. The van der Waals surface area contributed by atoms with Crippen LogP contribution < -0.4 is 15.8 Å². The second-order valence-corrected chi connectivity index (χ2v) is 5.80. The Morgan fingerprint density at radius 1 is 1.20 bits per heavy atom. The molecule has 1 rings (SSSR count). The first kappa shape index (κ1) is 16.4. The number of hydrogen-bond donors (Lipinski definition) is 3. The first-order chi connectivity index (χ1) is 9.32. The molecule has 0 bridgehead atoms. The average Bonchev–Trinajstić information content (AvgIpc) is 2.36. The van der Waals surface area contributed by atoms with E-state index in [0.717, 1.165) is 0 Å². The summed E-state index contributed by atoms with van der Waals surface area (Å²) in [4.78, 5) is 22.4. The van der Waals surface area contributed by atoms with Crippen LogP contribution in [0.25, 0.3) is 0 Å². The van der Waals surface area contributed by atoms with Gasteiger partial charge < -0.3 is 5.32 Å². The van der Waals surface area contributed by atoms with Crippen LogP contribution in [0.3, 0.4) is 0 Å². The maximum absolute atomic E-state index is 11.3. The number of imide groups is 1. The van der Waals surface area contributed by atoms with Gasteiger partial charge in [0.15, 0.2) is 0 Å². The molecule has 0 atom stereocenters. The molecule has 4 N–H and O–H groups in total. The number of nitrogens with one attached hydrogen (secondary N) is 2. The zero-order valence-corrected chi connectivity index (χ0v) is 12.0. The number of benzene rings is 1. The van der Waals surface area contributed by atoms with Crippen molar-refractivity contribution in [2.75, 3.05) is 5.88 Å². The largest absolute Gasteiger partial charge is 0.334 e. The number of carbonyl (C=O) groups is 2. The zero-order chi connectivity index (χ0) is 15.2. The van der Waals surface area contributed by atoms with E-state index in [0.29, 0.717) is 5.56 Å². The predicted molar refractivity (Wildman–Crippen MR) is 73.5 cm³/mol. The summed E-state index contributed by atoms with van der Waals surface area (Å²) in [7, 11) is -3.73. The molecule has 0 aliphatic rings. The van der Waals surface area contributed by atoms with Gasteiger partial charge in [0.05, 0.1) is 4.90 Å². The number of hydrogen-bond acceptors (Lipinski definition) is 4. The molecule has 0 aliphatic carbocycles. The van der Waals surface area contributed by atoms with Gasteiger partial charge in [-0.1, -0.05) is 12.1 Å². The van der Waals surface area contributed by atoms with Gasteiger partial charge in [-0.15, -0.1) is 11.6 Å². The van der Waals surface area contributed by atoms with Gasteiger partial charge in [0, 0.05) is 18.8 Å². The third-order valence-corrected chi connectivity index (χ3v) is 3.40. The Labute approximate surface area is 121 Å². The molecule has 0 spiro atoms. The Morgan fingerprint density at radius 2 is 1.80 bits per heavy atom. The van der Waals surface area contributed by atoms with Crippen LogP contribution in [0.15, 0.2) is 29.2 Å². The monoisotopic (exact) mass is 319 g/mol. The summed E-state index contributed by atoms with van der Waals surface area (Å²) in [5.74, 6) is -0.337. The third-order valence-electron chi connectivity index (χ3n) is 2.28. The van der Waals surface area contributed by atoms with E-state index in [2.05, 4.69) is 10.6 Å². The highest BCUT2D eigenvalue weighted by molar-refractivity contribution is 7.89. The molecule has 20 heavy (non-hydrogen) atoms. The molecule has 0 fully saturated rings. The lowest BCUT2D eigenvalue weighted by molar-refractivity contribution is -0.119. The number of sulfonamides is 1. The highest BCUT2D eigenvalue weighted by Gasteiger charge is 2.08. The summed E-state index contributed by atoms with van der Waals surface area (Å²) < 4.78 is 22.1. The van der Waals surface area contributed by atoms with E-state index in [9.17, 15) is 18.0 Å². The Hall–Kier alpha value is -1.64. The molecule has 0 radical (unpaired) electrons. The predicted octanol–water partition coefficient (Wildman–Crippen LogP) is 0.289. The Morgan fingerprint density at radius 3 is 2.30 bits per heavy atom. The summed E-state index contributed by atoms with van der Waals surface area (Å²) in [6, 6.07) is 5.06. The molecule has 0 aliphatic heterocycles. The van der Waals surface area contributed by atoms with Crippen molar-refractivity contribution in [2.45, 2.75) is 17.9 Å². The van der Waals surface area contributed by atoms with E-state index in [4.69, 9.17) is 16.7 Å². The van der Waals surface area contributed by atoms with Gasteiger partial charge in [0.25, 0.3) is 0 Å². The second kappa shape index (κ2) is 7.22. The van der Waals surface area contributed by atoms with E-state index in [-0.39, 0.29) is 23.7 Å². The first-order valence-corrected chi connectivity index (χ1v) is 7.66. The highest BCUT2D eigenvalue weighted by atomic mass is 35.5. The number of urea groups is 1. The molecule has 0 heterocycles. The zero-order valence-electron chi connectivity index (χ0n) is 10.4. The van der Waals surface area contributed by atoms with Crippen molar-refractivity contribution in [2.24, 2.45) is 5.14 Å². The van der Waals surface area contributed by atoms with E-state index >= 15 is 0 Å². The molecule has 1 aromatic carbocycles. The molecule has 9 heteroatoms. The number of rotatable bonds is 5. The number of amides is 3. The van der Waals surface area contributed by atoms with Gasteiger partial charge in [0.1, 0.15) is 0 Å². The Bertz CT molecular complexity index is 586. The standard InChI is InChI=1S/C11H14ClN3O4S/c12-6-5-10(16)15-11(17)14-7-8-1-3-9(4-2-8)20(13,18)19/h1-4H,5-7H2,(H2,13,18,19)(H2,14,15,16,17). The fraction of sp³-hybridized carbons (Fsp3) is 0.273. The van der Waals surface area contributed by atoms with Crippen molar-refractivity contribution >= 4 is 33.6 Å². The topological polar surface area (TPSA) is 118 Å². The summed E-state index contributed by atoms with van der Waals surface area (Å²) in [6.07, 6.45) is 0.0536. The fourth-order valence-electron chi connectivity index (χ4n) is 1.30. The second-order valence-electron chi connectivity index (χ2n) is 3.86. The van der Waals surface area contributed by atoms with Crippen molar-refractivity contribution in [3.63, 3.8) is 0 Å². The van der Waals surface area contributed by atoms with Gasteiger partial charge in [-0.3, -0.25) is 10.1 Å². The average molecular weight is 320 g/mol. The van der Waals surface area contributed by atoms with Gasteiger partial charge >= 0.3 is 6.03 Å². The minimum Gasteiger partial charge on any atom is -0.334 e. The summed E-state index contributed by atoms with van der Waals surface area (Å²) in [6.45, 7) is 0.144. The van der Waals surface area contributed by atoms with Crippen LogP contribution in [0.5, 0.6) is 0 Å². The fourth-order valence-corrected chi connectivity index (χ4v) is 1.99. The Balaban J connectivity index is 2.50. The van der Waals surface area contributed by atoms with Crippen molar-refractivity contribution in [3.8, 4) is 0 Å². The highest BCUT2D eigenvalue weighted by Crippen LogP contribution is 2.08. The van der Waals surface area contributed by atoms with Gasteiger partial charge in [0.2, 0.25) is 15.9 Å². The number of carbonyl (C=O) groups excluding carboxylic acids is 2. The molecular weight excluding hydrogens is 306 g/mol. The van der Waals surface area contributed by atoms with Crippen LogP contribution in [0.1, 0.15) is 12.0 Å². The van der Waals surface area contributed by atoms with Crippen LogP contribution in [0, 0.1) is 0 Å². The van der Waals surface area contributed by atoms with Crippen LogP contribution in [0.4, 0.5) is 4.79 Å². The Kier molecular flexibility index (Phi) is 5.93. The minimum absolute atomic E-state index is 0.0111. The maximum Gasteiger partial charge on any atom is 0.321 e. The summed E-state index contributed by atoms with van der Waals surface area (Å²) in [5, 5.41) is 9.51. The van der Waals surface area contributed by atoms with Crippen LogP contribution in [-0.4, -0.2) is 26.2 Å². The van der Waals surface area contributed by atoms with Gasteiger partial charge in [-0.25, -0.2) is 18.4 Å². The van der Waals surface area contributed by atoms with Crippen molar-refractivity contribution < 1.29 is 18.0 Å². The molecular formula is C11H14ClN3O4S.